The minimum absolute atomic E-state index is 0.159. The zero-order chi connectivity index (χ0) is 23.4. The number of nitrogens with one attached hydrogen (secondary N) is 2. The Morgan fingerprint density at radius 1 is 1.00 bits per heavy atom. The zero-order valence-electron chi connectivity index (χ0n) is 17.3. The highest BCUT2D eigenvalue weighted by Crippen LogP contribution is 2.42. The highest BCUT2D eigenvalue weighted by atomic mass is 35.5. The maximum atomic E-state index is 12.4. The summed E-state index contributed by atoms with van der Waals surface area (Å²) in [7, 11) is 1.45. The van der Waals surface area contributed by atoms with Crippen LogP contribution in [0.2, 0.25) is 15.1 Å². The van der Waals surface area contributed by atoms with Gasteiger partial charge in [0, 0.05) is 16.8 Å². The number of halogens is 3. The van der Waals surface area contributed by atoms with Crippen LogP contribution in [0.5, 0.6) is 11.5 Å². The van der Waals surface area contributed by atoms with Crippen molar-refractivity contribution in [3.63, 3.8) is 0 Å². The van der Waals surface area contributed by atoms with Crippen LogP contribution in [0.25, 0.3) is 0 Å². The van der Waals surface area contributed by atoms with E-state index in [0.29, 0.717) is 33.3 Å². The minimum atomic E-state index is -0.447. The molecule has 7 nitrogen and oxygen atoms in total. The van der Waals surface area contributed by atoms with Gasteiger partial charge in [0.05, 0.1) is 29.1 Å². The number of carbonyl (C=O) groups is 2. The molecule has 32 heavy (non-hydrogen) atoms. The molecule has 10 heteroatoms. The van der Waals surface area contributed by atoms with Crippen molar-refractivity contribution in [2.45, 2.75) is 13.8 Å². The number of ether oxygens (including phenoxy) is 2. The Morgan fingerprint density at radius 2 is 1.69 bits per heavy atom. The molecule has 0 saturated heterocycles. The number of benzene rings is 2. The third-order valence-electron chi connectivity index (χ3n) is 4.54. The SMILES string of the molecule is COc1cc(NC(=O)COc2c(Cl)c(C)c(Cl)c(C)c2Cl)ccc1NC(=O)c1ccco1. The predicted octanol–water partition coefficient (Wildman–Crippen LogP) is 6.14. The minimum Gasteiger partial charge on any atom is -0.494 e. The second-order valence-corrected chi connectivity index (χ2v) is 7.84. The van der Waals surface area contributed by atoms with Crippen LogP contribution < -0.4 is 20.1 Å². The summed E-state index contributed by atoms with van der Waals surface area (Å²) in [6, 6.07) is 7.91. The summed E-state index contributed by atoms with van der Waals surface area (Å²) in [5, 5.41) is 6.31. The van der Waals surface area contributed by atoms with Gasteiger partial charge in [-0.05, 0) is 49.2 Å². The summed E-state index contributed by atoms with van der Waals surface area (Å²) >= 11 is 18.7. The Morgan fingerprint density at radius 3 is 2.28 bits per heavy atom. The summed E-state index contributed by atoms with van der Waals surface area (Å²) < 4.78 is 15.9. The molecule has 0 spiro atoms. The molecule has 2 aromatic carbocycles. The van der Waals surface area contributed by atoms with Crippen molar-refractivity contribution in [3.8, 4) is 11.5 Å². The standard InChI is InChI=1S/C22H19Cl3N2O5/c1-11-18(23)12(2)20(25)21(19(11)24)32-10-17(28)26-13-6-7-14(16(9-13)30-3)27-22(29)15-5-4-8-31-15/h4-9H,10H2,1-3H3,(H,26,28)(H,27,29). The monoisotopic (exact) mass is 496 g/mol. The third kappa shape index (κ3) is 5.12. The van der Waals surface area contributed by atoms with Gasteiger partial charge < -0.3 is 24.5 Å². The van der Waals surface area contributed by atoms with Gasteiger partial charge in [-0.15, -0.1) is 0 Å². The van der Waals surface area contributed by atoms with Crippen molar-refractivity contribution in [3.05, 3.63) is 68.6 Å². The number of furan rings is 1. The van der Waals surface area contributed by atoms with E-state index in [1.165, 1.54) is 13.4 Å². The molecular formula is C22H19Cl3N2O5. The quantitative estimate of drug-likeness (QED) is 0.409. The number of rotatable bonds is 7. The van der Waals surface area contributed by atoms with Crippen molar-refractivity contribution >= 4 is 58.0 Å². The van der Waals surface area contributed by atoms with E-state index < -0.39 is 11.8 Å². The molecule has 3 aromatic rings. The van der Waals surface area contributed by atoms with Gasteiger partial charge in [0.1, 0.15) is 5.75 Å². The second-order valence-electron chi connectivity index (χ2n) is 6.70. The second kappa shape index (κ2) is 10.2. The van der Waals surface area contributed by atoms with Gasteiger partial charge in [-0.3, -0.25) is 9.59 Å². The lowest BCUT2D eigenvalue weighted by Crippen LogP contribution is -2.20. The fourth-order valence-electron chi connectivity index (χ4n) is 2.84. The van der Waals surface area contributed by atoms with Gasteiger partial charge in [0.15, 0.2) is 18.1 Å². The van der Waals surface area contributed by atoms with E-state index in [2.05, 4.69) is 10.6 Å². The van der Waals surface area contributed by atoms with Crippen molar-refractivity contribution in [2.24, 2.45) is 0 Å². The molecule has 1 heterocycles. The number of carbonyl (C=O) groups excluding carboxylic acids is 2. The van der Waals surface area contributed by atoms with Gasteiger partial charge in [-0.2, -0.15) is 0 Å². The fourth-order valence-corrected chi connectivity index (χ4v) is 3.66. The normalized spacial score (nSPS) is 10.6. The van der Waals surface area contributed by atoms with E-state index in [9.17, 15) is 9.59 Å². The number of hydrogen-bond donors (Lipinski definition) is 2. The molecule has 2 N–H and O–H groups in total. The molecule has 1 aromatic heterocycles. The van der Waals surface area contributed by atoms with Crippen LogP contribution >= 0.6 is 34.8 Å². The maximum absolute atomic E-state index is 12.4. The van der Waals surface area contributed by atoms with Crippen molar-refractivity contribution in [1.29, 1.82) is 0 Å². The van der Waals surface area contributed by atoms with Crippen LogP contribution in [0, 0.1) is 13.8 Å². The fraction of sp³-hybridized carbons (Fsp3) is 0.182. The highest BCUT2D eigenvalue weighted by molar-refractivity contribution is 6.42. The van der Waals surface area contributed by atoms with Crippen molar-refractivity contribution < 1.29 is 23.5 Å². The van der Waals surface area contributed by atoms with Gasteiger partial charge >= 0.3 is 0 Å². The van der Waals surface area contributed by atoms with E-state index in [1.54, 1.807) is 44.2 Å². The molecule has 3 rings (SSSR count). The Kier molecular flexibility index (Phi) is 7.56. The molecule has 0 unspecified atom stereocenters. The van der Waals surface area contributed by atoms with E-state index in [-0.39, 0.29) is 28.2 Å². The first-order chi connectivity index (χ1) is 15.2. The molecule has 0 fully saturated rings. The Bertz CT molecular complexity index is 1130. The summed E-state index contributed by atoms with van der Waals surface area (Å²) in [4.78, 5) is 24.6. The summed E-state index contributed by atoms with van der Waals surface area (Å²) in [6.07, 6.45) is 1.40. The lowest BCUT2D eigenvalue weighted by Gasteiger charge is -2.16. The highest BCUT2D eigenvalue weighted by Gasteiger charge is 2.19. The van der Waals surface area contributed by atoms with Crippen LogP contribution in [0.1, 0.15) is 21.7 Å². The van der Waals surface area contributed by atoms with Crippen LogP contribution in [-0.4, -0.2) is 25.5 Å². The molecule has 168 valence electrons. The molecule has 0 saturated carbocycles. The molecular weight excluding hydrogens is 479 g/mol. The largest absolute Gasteiger partial charge is 0.494 e. The Hall–Kier alpha value is -2.87. The van der Waals surface area contributed by atoms with Crippen molar-refractivity contribution in [1.82, 2.24) is 0 Å². The van der Waals surface area contributed by atoms with Gasteiger partial charge in [-0.1, -0.05) is 34.8 Å². The molecule has 0 aliphatic carbocycles. The van der Waals surface area contributed by atoms with Crippen LogP contribution in [0.4, 0.5) is 11.4 Å². The van der Waals surface area contributed by atoms with E-state index in [1.807, 2.05) is 0 Å². The molecule has 0 bridgehead atoms. The first-order valence-corrected chi connectivity index (χ1v) is 10.5. The summed E-state index contributed by atoms with van der Waals surface area (Å²) in [6.45, 7) is 3.14. The van der Waals surface area contributed by atoms with E-state index >= 15 is 0 Å². The number of amides is 2. The average molecular weight is 498 g/mol. The van der Waals surface area contributed by atoms with Gasteiger partial charge in [0.25, 0.3) is 11.8 Å². The predicted molar refractivity (Wildman–Crippen MR) is 125 cm³/mol. The van der Waals surface area contributed by atoms with Crippen molar-refractivity contribution in [2.75, 3.05) is 24.4 Å². The smallest absolute Gasteiger partial charge is 0.291 e. The number of anilines is 2. The lowest BCUT2D eigenvalue weighted by atomic mass is 10.1. The first kappa shape index (κ1) is 23.8. The third-order valence-corrected chi connectivity index (χ3v) is 6.02. The van der Waals surface area contributed by atoms with Crippen LogP contribution in [0.15, 0.2) is 41.0 Å². The maximum Gasteiger partial charge on any atom is 0.291 e. The summed E-state index contributed by atoms with van der Waals surface area (Å²) in [5.41, 5.74) is 2.08. The van der Waals surface area contributed by atoms with E-state index in [0.717, 1.165) is 0 Å². The molecule has 0 atom stereocenters. The van der Waals surface area contributed by atoms with Crippen LogP contribution in [0.3, 0.4) is 0 Å². The first-order valence-electron chi connectivity index (χ1n) is 9.32. The molecule has 0 aliphatic rings. The number of hydrogen-bond acceptors (Lipinski definition) is 5. The molecule has 2 amide bonds. The summed E-state index contributed by atoms with van der Waals surface area (Å²) in [5.74, 6) is -0.181. The average Bonchev–Trinajstić information content (AvgIpc) is 3.32. The molecule has 0 radical (unpaired) electrons. The zero-order valence-corrected chi connectivity index (χ0v) is 19.6. The Labute approximate surface area is 199 Å². The van der Waals surface area contributed by atoms with Crippen LogP contribution in [-0.2, 0) is 4.79 Å². The Balaban J connectivity index is 1.67. The number of methoxy groups -OCH3 is 1. The van der Waals surface area contributed by atoms with E-state index in [4.69, 9.17) is 48.7 Å². The molecule has 0 aliphatic heterocycles. The van der Waals surface area contributed by atoms with Gasteiger partial charge in [0.2, 0.25) is 0 Å². The topological polar surface area (TPSA) is 89.8 Å². The lowest BCUT2D eigenvalue weighted by molar-refractivity contribution is -0.118. The van der Waals surface area contributed by atoms with Gasteiger partial charge in [-0.25, -0.2) is 0 Å².